The number of nitrogens with one attached hydrogen (secondary N) is 1. The van der Waals surface area contributed by atoms with Crippen molar-refractivity contribution < 1.29 is 18.8 Å². The van der Waals surface area contributed by atoms with E-state index in [-0.39, 0.29) is 11.9 Å². The van der Waals surface area contributed by atoms with Gasteiger partial charge in [0.25, 0.3) is 0 Å². The van der Waals surface area contributed by atoms with E-state index in [0.29, 0.717) is 48.4 Å². The predicted octanol–water partition coefficient (Wildman–Crippen LogP) is 4.55. The summed E-state index contributed by atoms with van der Waals surface area (Å²) in [5, 5.41) is 7.11. The molecule has 32 heavy (non-hydrogen) atoms. The molecule has 0 aliphatic carbocycles. The number of rotatable bonds is 6. The van der Waals surface area contributed by atoms with E-state index in [9.17, 15) is 4.79 Å². The Labute approximate surface area is 187 Å². The molecule has 8 heteroatoms. The first-order valence-electron chi connectivity index (χ1n) is 10.7. The Hall–Kier alpha value is -3.55. The van der Waals surface area contributed by atoms with E-state index < -0.39 is 0 Å². The number of hydrogen-bond acceptors (Lipinski definition) is 6. The number of ether oxygens (including phenoxy) is 2. The first kappa shape index (κ1) is 21.7. The molecule has 1 atom stereocenters. The van der Waals surface area contributed by atoms with Crippen molar-refractivity contribution in [3.63, 3.8) is 0 Å². The van der Waals surface area contributed by atoms with E-state index in [0.717, 1.165) is 24.0 Å². The van der Waals surface area contributed by atoms with Gasteiger partial charge < -0.3 is 24.2 Å². The van der Waals surface area contributed by atoms with Crippen molar-refractivity contribution in [1.82, 2.24) is 15.0 Å². The minimum absolute atomic E-state index is 0.160. The van der Waals surface area contributed by atoms with Crippen LogP contribution in [0.5, 0.6) is 11.5 Å². The van der Waals surface area contributed by atoms with Gasteiger partial charge in [0.05, 0.1) is 19.9 Å². The zero-order valence-corrected chi connectivity index (χ0v) is 18.6. The highest BCUT2D eigenvalue weighted by Crippen LogP contribution is 2.35. The molecular formula is C24H28N4O4. The number of para-hydroxylation sites is 1. The van der Waals surface area contributed by atoms with Gasteiger partial charge in [0.1, 0.15) is 0 Å². The molecule has 1 aliphatic rings. The fourth-order valence-electron chi connectivity index (χ4n) is 4.11. The number of hydrogen-bond donors (Lipinski definition) is 1. The van der Waals surface area contributed by atoms with Crippen LogP contribution in [0, 0.1) is 12.8 Å². The van der Waals surface area contributed by atoms with Crippen LogP contribution in [-0.2, 0) is 6.42 Å². The minimum atomic E-state index is -0.160. The maximum atomic E-state index is 12.9. The molecule has 1 aromatic heterocycles. The maximum absolute atomic E-state index is 12.9. The third-order valence-electron chi connectivity index (χ3n) is 5.77. The second kappa shape index (κ2) is 9.72. The summed E-state index contributed by atoms with van der Waals surface area (Å²) in [7, 11) is 3.13. The molecule has 1 saturated heterocycles. The molecule has 1 fully saturated rings. The molecule has 3 aromatic rings. The van der Waals surface area contributed by atoms with Gasteiger partial charge in [-0.2, -0.15) is 4.98 Å². The number of benzene rings is 2. The molecule has 0 radical (unpaired) electrons. The van der Waals surface area contributed by atoms with Gasteiger partial charge >= 0.3 is 6.03 Å². The third-order valence-corrected chi connectivity index (χ3v) is 5.77. The van der Waals surface area contributed by atoms with E-state index >= 15 is 0 Å². The number of aryl methyl sites for hydroxylation is 1. The van der Waals surface area contributed by atoms with Crippen LogP contribution in [0.4, 0.5) is 10.5 Å². The Bertz CT molecular complexity index is 1080. The number of anilines is 1. The van der Waals surface area contributed by atoms with Crippen LogP contribution >= 0.6 is 0 Å². The van der Waals surface area contributed by atoms with E-state index in [1.54, 1.807) is 26.4 Å². The van der Waals surface area contributed by atoms with Gasteiger partial charge in [0, 0.05) is 25.1 Å². The smallest absolute Gasteiger partial charge is 0.321 e. The Morgan fingerprint density at radius 1 is 1.19 bits per heavy atom. The number of carbonyl (C=O) groups excluding carboxylic acids is 1. The van der Waals surface area contributed by atoms with Crippen LogP contribution in [-0.4, -0.2) is 48.4 Å². The van der Waals surface area contributed by atoms with Gasteiger partial charge in [-0.25, -0.2) is 4.79 Å². The standard InChI is InChI=1S/C24H28N4O4/c1-16-8-4-5-10-18(16)23-26-21(32-27-23)14-17-9-7-13-28(15-17)24(29)25-19-11-6-12-20(30-2)22(19)31-3/h4-6,8,10-12,17H,7,9,13-15H2,1-3H3,(H,25,29). The van der Waals surface area contributed by atoms with Crippen molar-refractivity contribution in [3.05, 3.63) is 53.9 Å². The number of piperidine rings is 1. The van der Waals surface area contributed by atoms with Crippen LogP contribution in [0.3, 0.4) is 0 Å². The summed E-state index contributed by atoms with van der Waals surface area (Å²) in [5.41, 5.74) is 2.66. The molecule has 4 rings (SSSR count). The molecule has 1 unspecified atom stereocenters. The summed E-state index contributed by atoms with van der Waals surface area (Å²) in [5.74, 6) is 2.54. The molecule has 0 spiro atoms. The van der Waals surface area contributed by atoms with E-state index in [2.05, 4.69) is 15.5 Å². The summed E-state index contributed by atoms with van der Waals surface area (Å²) in [4.78, 5) is 19.3. The minimum Gasteiger partial charge on any atom is -0.493 e. The van der Waals surface area contributed by atoms with Crippen LogP contribution < -0.4 is 14.8 Å². The molecule has 0 bridgehead atoms. The van der Waals surface area contributed by atoms with Crippen LogP contribution in [0.2, 0.25) is 0 Å². The number of aromatic nitrogens is 2. The van der Waals surface area contributed by atoms with Crippen LogP contribution in [0.15, 0.2) is 47.0 Å². The van der Waals surface area contributed by atoms with Gasteiger partial charge in [0.15, 0.2) is 11.5 Å². The Morgan fingerprint density at radius 2 is 2.03 bits per heavy atom. The fraction of sp³-hybridized carbons (Fsp3) is 0.375. The molecule has 168 valence electrons. The maximum Gasteiger partial charge on any atom is 0.321 e. The monoisotopic (exact) mass is 436 g/mol. The van der Waals surface area contributed by atoms with Gasteiger partial charge in [-0.3, -0.25) is 0 Å². The van der Waals surface area contributed by atoms with Crippen LogP contribution in [0.25, 0.3) is 11.4 Å². The number of amides is 2. The van der Waals surface area contributed by atoms with Crippen molar-refractivity contribution in [3.8, 4) is 22.9 Å². The number of likely N-dealkylation sites (tertiary alicyclic amines) is 1. The van der Waals surface area contributed by atoms with Crippen molar-refractivity contribution in [1.29, 1.82) is 0 Å². The van der Waals surface area contributed by atoms with Crippen molar-refractivity contribution >= 4 is 11.7 Å². The van der Waals surface area contributed by atoms with E-state index in [1.165, 1.54) is 0 Å². The fourth-order valence-corrected chi connectivity index (χ4v) is 4.11. The van der Waals surface area contributed by atoms with E-state index in [1.807, 2.05) is 42.2 Å². The number of carbonyl (C=O) groups is 1. The lowest BCUT2D eigenvalue weighted by Gasteiger charge is -2.32. The zero-order valence-electron chi connectivity index (χ0n) is 18.6. The predicted molar refractivity (Wildman–Crippen MR) is 121 cm³/mol. The average Bonchev–Trinajstić information content (AvgIpc) is 3.27. The van der Waals surface area contributed by atoms with Crippen molar-refractivity contribution in [2.24, 2.45) is 5.92 Å². The SMILES string of the molecule is COc1cccc(NC(=O)N2CCCC(Cc3nc(-c4ccccc4C)no3)C2)c1OC. The molecule has 2 heterocycles. The lowest BCUT2D eigenvalue weighted by atomic mass is 9.95. The highest BCUT2D eigenvalue weighted by molar-refractivity contribution is 5.91. The van der Waals surface area contributed by atoms with Gasteiger partial charge in [-0.05, 0) is 43.4 Å². The molecule has 8 nitrogen and oxygen atoms in total. The first-order chi connectivity index (χ1) is 15.6. The Balaban J connectivity index is 1.40. The highest BCUT2D eigenvalue weighted by atomic mass is 16.5. The second-order valence-corrected chi connectivity index (χ2v) is 7.96. The topological polar surface area (TPSA) is 89.7 Å². The molecule has 2 aromatic carbocycles. The molecule has 1 N–H and O–H groups in total. The summed E-state index contributed by atoms with van der Waals surface area (Å²) in [6, 6.07) is 13.2. The van der Waals surface area contributed by atoms with Crippen molar-refractivity contribution in [2.75, 3.05) is 32.6 Å². The zero-order chi connectivity index (χ0) is 22.5. The lowest BCUT2D eigenvalue weighted by molar-refractivity contribution is 0.173. The normalized spacial score (nSPS) is 16.0. The largest absolute Gasteiger partial charge is 0.493 e. The number of urea groups is 1. The summed E-state index contributed by atoms with van der Waals surface area (Å²) in [6.07, 6.45) is 2.58. The molecule has 2 amide bonds. The first-order valence-corrected chi connectivity index (χ1v) is 10.7. The van der Waals surface area contributed by atoms with E-state index in [4.69, 9.17) is 14.0 Å². The number of nitrogens with zero attached hydrogens (tertiary/aromatic N) is 3. The quantitative estimate of drug-likeness (QED) is 0.610. The Morgan fingerprint density at radius 3 is 2.81 bits per heavy atom. The molecular weight excluding hydrogens is 408 g/mol. The Kier molecular flexibility index (Phi) is 6.58. The lowest BCUT2D eigenvalue weighted by Crippen LogP contribution is -2.42. The summed E-state index contributed by atoms with van der Waals surface area (Å²) >= 11 is 0. The second-order valence-electron chi connectivity index (χ2n) is 7.96. The summed E-state index contributed by atoms with van der Waals surface area (Å²) in [6.45, 7) is 3.35. The average molecular weight is 437 g/mol. The summed E-state index contributed by atoms with van der Waals surface area (Å²) < 4.78 is 16.2. The third kappa shape index (κ3) is 4.69. The van der Waals surface area contributed by atoms with Crippen LogP contribution in [0.1, 0.15) is 24.3 Å². The van der Waals surface area contributed by atoms with Gasteiger partial charge in [-0.1, -0.05) is 35.5 Å². The van der Waals surface area contributed by atoms with Gasteiger partial charge in [-0.15, -0.1) is 0 Å². The number of methoxy groups -OCH3 is 2. The van der Waals surface area contributed by atoms with Crippen molar-refractivity contribution in [2.45, 2.75) is 26.2 Å². The highest BCUT2D eigenvalue weighted by Gasteiger charge is 2.26. The molecule has 1 aliphatic heterocycles. The van der Waals surface area contributed by atoms with Gasteiger partial charge in [0.2, 0.25) is 11.7 Å². The molecule has 0 saturated carbocycles.